The lowest BCUT2D eigenvalue weighted by molar-refractivity contribution is -0.121. The van der Waals surface area contributed by atoms with Crippen molar-refractivity contribution in [2.45, 2.75) is 76.3 Å². The van der Waals surface area contributed by atoms with Crippen molar-refractivity contribution >= 4 is 17.5 Å². The molecule has 0 spiro atoms. The van der Waals surface area contributed by atoms with E-state index in [1.54, 1.807) is 7.11 Å². The van der Waals surface area contributed by atoms with Crippen LogP contribution in [0, 0.1) is 0 Å². The number of amides is 1. The molecule has 8 heteroatoms. The van der Waals surface area contributed by atoms with Gasteiger partial charge in [-0.2, -0.15) is 0 Å². The van der Waals surface area contributed by atoms with E-state index in [-0.39, 0.29) is 11.9 Å². The second kappa shape index (κ2) is 15.1. The quantitative estimate of drug-likeness (QED) is 0.296. The van der Waals surface area contributed by atoms with Crippen molar-refractivity contribution in [2.24, 2.45) is 0 Å². The zero-order valence-corrected chi connectivity index (χ0v) is 25.3. The number of methoxy groups -OCH3 is 1. The number of halogens is 1. The average Bonchev–Trinajstić information content (AvgIpc) is 3.66. The fourth-order valence-electron chi connectivity index (χ4n) is 6.55. The van der Waals surface area contributed by atoms with Gasteiger partial charge in [-0.1, -0.05) is 30.2 Å². The molecule has 3 aliphatic heterocycles. The first-order valence-corrected chi connectivity index (χ1v) is 15.9. The predicted molar refractivity (Wildman–Crippen MR) is 164 cm³/mol. The number of hydrogen-bond donors (Lipinski definition) is 1. The van der Waals surface area contributed by atoms with Crippen LogP contribution >= 0.6 is 11.6 Å². The third-order valence-corrected chi connectivity index (χ3v) is 9.02. The number of carbonyl (C=O) groups is 1. The summed E-state index contributed by atoms with van der Waals surface area (Å²) in [7, 11) is 1.61. The molecule has 0 aromatic heterocycles. The van der Waals surface area contributed by atoms with Crippen LogP contribution in [0.2, 0.25) is 5.02 Å². The Labute approximate surface area is 250 Å². The van der Waals surface area contributed by atoms with Gasteiger partial charge in [-0.25, -0.2) is 0 Å². The van der Waals surface area contributed by atoms with Gasteiger partial charge in [0.05, 0.1) is 12.1 Å². The fourth-order valence-corrected chi connectivity index (χ4v) is 6.83. The van der Waals surface area contributed by atoms with Crippen LogP contribution in [0.4, 0.5) is 0 Å². The van der Waals surface area contributed by atoms with Crippen LogP contribution in [0.3, 0.4) is 0 Å². The first kappa shape index (κ1) is 30.0. The number of unbranched alkanes of at least 4 members (excludes halogenated alkanes) is 1. The smallest absolute Gasteiger partial charge is 0.220 e. The van der Waals surface area contributed by atoms with E-state index < -0.39 is 0 Å². The molecule has 3 aliphatic rings. The van der Waals surface area contributed by atoms with Gasteiger partial charge in [0.15, 0.2) is 11.5 Å². The number of benzene rings is 2. The van der Waals surface area contributed by atoms with Crippen LogP contribution in [0.25, 0.3) is 0 Å². The van der Waals surface area contributed by atoms with Crippen molar-refractivity contribution in [3.8, 4) is 17.2 Å². The molecule has 0 aliphatic carbocycles. The number of aryl methyl sites for hydroxylation is 1. The van der Waals surface area contributed by atoms with E-state index in [0.29, 0.717) is 42.9 Å². The molecular weight excluding hydrogens is 538 g/mol. The van der Waals surface area contributed by atoms with Gasteiger partial charge in [0.1, 0.15) is 19.0 Å². The normalized spacial score (nSPS) is 19.8. The molecular formula is C33H46ClN3O4. The zero-order valence-electron chi connectivity index (χ0n) is 24.5. The fraction of sp³-hybridized carbons (Fsp3) is 0.606. The highest BCUT2D eigenvalue weighted by atomic mass is 35.5. The number of carbonyl (C=O) groups excluding carboxylic acids is 1. The topological polar surface area (TPSA) is 63.3 Å². The molecule has 5 rings (SSSR count). The predicted octanol–water partition coefficient (Wildman–Crippen LogP) is 5.51. The standard InChI is InChI=1S/C33H46ClN3O4/c1-39-30-12-9-25(22-29(30)34)11-14-33(38)35-27(21-26-10-13-31-32(23-26)41-20-19-40-31)24-37-18-6-8-28(37)7-2-3-15-36-16-4-5-17-36/h9-10,12-13,22-23,27-28H,2-8,11,14-21,24H2,1H3,(H,35,38)/t27-,28?/m0/s1. The minimum Gasteiger partial charge on any atom is -0.495 e. The second-order valence-corrected chi connectivity index (χ2v) is 12.2. The van der Waals surface area contributed by atoms with Crippen molar-refractivity contribution in [3.05, 3.63) is 52.5 Å². The van der Waals surface area contributed by atoms with Crippen molar-refractivity contribution in [2.75, 3.05) is 53.0 Å². The van der Waals surface area contributed by atoms with Gasteiger partial charge in [0.25, 0.3) is 0 Å². The van der Waals surface area contributed by atoms with Crippen LogP contribution in [0.1, 0.15) is 62.5 Å². The maximum atomic E-state index is 13.2. The second-order valence-electron chi connectivity index (χ2n) is 11.8. The summed E-state index contributed by atoms with van der Waals surface area (Å²) in [6, 6.07) is 12.5. The number of nitrogens with one attached hydrogen (secondary N) is 1. The molecule has 0 saturated carbocycles. The van der Waals surface area contributed by atoms with Crippen LogP contribution in [0.15, 0.2) is 36.4 Å². The summed E-state index contributed by atoms with van der Waals surface area (Å²) in [6.45, 7) is 6.93. The largest absolute Gasteiger partial charge is 0.495 e. The zero-order chi connectivity index (χ0) is 28.4. The van der Waals surface area contributed by atoms with Gasteiger partial charge < -0.3 is 24.4 Å². The lowest BCUT2D eigenvalue weighted by atomic mass is 10.0. The van der Waals surface area contributed by atoms with Crippen LogP contribution in [-0.4, -0.2) is 80.8 Å². The van der Waals surface area contributed by atoms with Crippen molar-refractivity contribution in [1.29, 1.82) is 0 Å². The molecule has 224 valence electrons. The summed E-state index contributed by atoms with van der Waals surface area (Å²) in [5.74, 6) is 2.32. The Kier molecular flexibility index (Phi) is 11.1. The van der Waals surface area contributed by atoms with Gasteiger partial charge >= 0.3 is 0 Å². The Bertz CT molecular complexity index is 1140. The number of fused-ring (bicyclic) bond motifs is 1. The van der Waals surface area contributed by atoms with Crippen LogP contribution in [0.5, 0.6) is 17.2 Å². The summed E-state index contributed by atoms with van der Waals surface area (Å²) >= 11 is 6.30. The molecule has 41 heavy (non-hydrogen) atoms. The Morgan fingerprint density at radius 1 is 1.02 bits per heavy atom. The average molecular weight is 584 g/mol. The molecule has 1 unspecified atom stereocenters. The molecule has 2 atom stereocenters. The van der Waals surface area contributed by atoms with E-state index >= 15 is 0 Å². The van der Waals surface area contributed by atoms with E-state index in [4.69, 9.17) is 25.8 Å². The lowest BCUT2D eigenvalue weighted by Gasteiger charge is -2.30. The van der Waals surface area contributed by atoms with Crippen molar-refractivity contribution in [1.82, 2.24) is 15.1 Å². The Morgan fingerprint density at radius 3 is 2.63 bits per heavy atom. The first-order valence-electron chi connectivity index (χ1n) is 15.5. The number of ether oxygens (including phenoxy) is 3. The summed E-state index contributed by atoms with van der Waals surface area (Å²) in [5, 5.41) is 3.96. The Balaban J connectivity index is 1.18. The van der Waals surface area contributed by atoms with Crippen LogP contribution < -0.4 is 19.5 Å². The van der Waals surface area contributed by atoms with Crippen molar-refractivity contribution < 1.29 is 19.0 Å². The highest BCUT2D eigenvalue weighted by Gasteiger charge is 2.28. The third-order valence-electron chi connectivity index (χ3n) is 8.73. The van der Waals surface area contributed by atoms with Gasteiger partial charge in [0.2, 0.25) is 5.91 Å². The SMILES string of the molecule is COc1ccc(CCC(=O)N[C@@H](Cc2ccc3c(c2)OCCO3)CN2CCCC2CCCCN2CCCC2)cc1Cl. The Hall–Kier alpha value is -2.48. The van der Waals surface area contributed by atoms with E-state index in [1.165, 1.54) is 64.6 Å². The molecule has 7 nitrogen and oxygen atoms in total. The number of nitrogens with zero attached hydrogens (tertiary/aromatic N) is 2. The number of hydrogen-bond acceptors (Lipinski definition) is 6. The van der Waals surface area contributed by atoms with Crippen molar-refractivity contribution in [3.63, 3.8) is 0 Å². The van der Waals surface area contributed by atoms with E-state index in [9.17, 15) is 4.79 Å². The number of rotatable bonds is 14. The Morgan fingerprint density at radius 2 is 1.83 bits per heavy atom. The van der Waals surface area contributed by atoms with E-state index in [2.05, 4.69) is 27.2 Å². The van der Waals surface area contributed by atoms with Gasteiger partial charge in [-0.05, 0) is 113 Å². The molecule has 0 radical (unpaired) electrons. The highest BCUT2D eigenvalue weighted by molar-refractivity contribution is 6.32. The van der Waals surface area contributed by atoms with Crippen LogP contribution in [-0.2, 0) is 17.6 Å². The third kappa shape index (κ3) is 8.76. The summed E-state index contributed by atoms with van der Waals surface area (Å²) in [4.78, 5) is 18.5. The molecule has 1 N–H and O–H groups in total. The molecule has 2 aromatic carbocycles. The molecule has 2 saturated heterocycles. The molecule has 2 fully saturated rings. The summed E-state index contributed by atoms with van der Waals surface area (Å²) in [5.41, 5.74) is 2.19. The monoisotopic (exact) mass is 583 g/mol. The molecule has 3 heterocycles. The minimum absolute atomic E-state index is 0.0229. The first-order chi connectivity index (χ1) is 20.1. The maximum absolute atomic E-state index is 13.2. The van der Waals surface area contributed by atoms with E-state index in [1.807, 2.05) is 24.3 Å². The lowest BCUT2D eigenvalue weighted by Crippen LogP contribution is -2.46. The molecule has 2 aromatic rings. The summed E-state index contributed by atoms with van der Waals surface area (Å²) in [6.07, 6.45) is 10.8. The highest BCUT2D eigenvalue weighted by Crippen LogP contribution is 2.31. The van der Waals surface area contributed by atoms with E-state index in [0.717, 1.165) is 42.1 Å². The van der Waals surface area contributed by atoms with Gasteiger partial charge in [-0.3, -0.25) is 9.69 Å². The maximum Gasteiger partial charge on any atom is 0.220 e. The number of likely N-dealkylation sites (tertiary alicyclic amines) is 2. The van der Waals surface area contributed by atoms with Gasteiger partial charge in [-0.15, -0.1) is 0 Å². The molecule has 1 amide bonds. The summed E-state index contributed by atoms with van der Waals surface area (Å²) < 4.78 is 16.8. The minimum atomic E-state index is 0.0229. The molecule has 0 bridgehead atoms. The van der Waals surface area contributed by atoms with Gasteiger partial charge in [0, 0.05) is 25.0 Å².